The van der Waals surface area contributed by atoms with Gasteiger partial charge in [-0.3, -0.25) is 9.59 Å². The highest BCUT2D eigenvalue weighted by atomic mass is 16.5. The van der Waals surface area contributed by atoms with E-state index in [2.05, 4.69) is 17.6 Å². The van der Waals surface area contributed by atoms with Gasteiger partial charge in [-0.2, -0.15) is 0 Å². The van der Waals surface area contributed by atoms with E-state index in [-0.39, 0.29) is 30.2 Å². The zero-order valence-electron chi connectivity index (χ0n) is 12.5. The molecule has 6 heteroatoms. The van der Waals surface area contributed by atoms with Gasteiger partial charge in [-0.05, 0) is 18.8 Å². The highest BCUT2D eigenvalue weighted by Gasteiger charge is 2.33. The van der Waals surface area contributed by atoms with Gasteiger partial charge in [0.1, 0.15) is 0 Å². The molecule has 1 fully saturated rings. The van der Waals surface area contributed by atoms with Gasteiger partial charge < -0.3 is 21.1 Å². The van der Waals surface area contributed by atoms with Gasteiger partial charge in [0, 0.05) is 32.7 Å². The van der Waals surface area contributed by atoms with Crippen LogP contribution >= 0.6 is 0 Å². The van der Waals surface area contributed by atoms with Crippen LogP contribution in [0.4, 0.5) is 0 Å². The topological polar surface area (TPSA) is 93.5 Å². The van der Waals surface area contributed by atoms with Crippen molar-refractivity contribution >= 4 is 11.8 Å². The molecular weight excluding hydrogens is 258 g/mol. The van der Waals surface area contributed by atoms with Gasteiger partial charge in [-0.25, -0.2) is 0 Å². The Bertz CT molecular complexity index is 313. The summed E-state index contributed by atoms with van der Waals surface area (Å²) in [5, 5.41) is 5.54. The van der Waals surface area contributed by atoms with Crippen LogP contribution in [-0.4, -0.2) is 44.7 Å². The molecule has 2 amide bonds. The number of ether oxygens (including phenoxy) is 1. The molecule has 4 N–H and O–H groups in total. The molecule has 116 valence electrons. The molecule has 20 heavy (non-hydrogen) atoms. The highest BCUT2D eigenvalue weighted by Crippen LogP contribution is 2.28. The Hall–Kier alpha value is -1.14. The van der Waals surface area contributed by atoms with E-state index < -0.39 is 0 Å². The fourth-order valence-electron chi connectivity index (χ4n) is 2.71. The van der Waals surface area contributed by atoms with Crippen molar-refractivity contribution in [2.24, 2.45) is 17.6 Å². The van der Waals surface area contributed by atoms with Crippen molar-refractivity contribution in [1.82, 2.24) is 10.6 Å². The zero-order chi connectivity index (χ0) is 15.0. The summed E-state index contributed by atoms with van der Waals surface area (Å²) in [4.78, 5) is 23.6. The van der Waals surface area contributed by atoms with Gasteiger partial charge in [-0.1, -0.05) is 13.3 Å². The van der Waals surface area contributed by atoms with Crippen molar-refractivity contribution in [1.29, 1.82) is 0 Å². The SMILES string of the molecule is COCCNC(=O)CCNC(=O)C1C(C)CCCC1N. The minimum Gasteiger partial charge on any atom is -0.383 e. The Morgan fingerprint density at radius 3 is 2.65 bits per heavy atom. The number of rotatable bonds is 7. The Morgan fingerprint density at radius 1 is 1.25 bits per heavy atom. The van der Waals surface area contributed by atoms with E-state index in [9.17, 15) is 9.59 Å². The molecule has 1 rings (SSSR count). The molecule has 3 unspecified atom stereocenters. The number of carbonyl (C=O) groups excluding carboxylic acids is 2. The summed E-state index contributed by atoms with van der Waals surface area (Å²) in [5.41, 5.74) is 6.03. The lowest BCUT2D eigenvalue weighted by Gasteiger charge is -2.33. The standard InChI is InChI=1S/C14H27N3O3/c1-10-4-3-5-11(15)13(10)14(19)17-7-6-12(18)16-8-9-20-2/h10-11,13H,3-9,15H2,1-2H3,(H,16,18)(H,17,19). The summed E-state index contributed by atoms with van der Waals surface area (Å²) in [6.07, 6.45) is 3.32. The van der Waals surface area contributed by atoms with Gasteiger partial charge in [0.2, 0.25) is 11.8 Å². The Labute approximate surface area is 120 Å². The average molecular weight is 285 g/mol. The lowest BCUT2D eigenvalue weighted by molar-refractivity contribution is -0.128. The monoisotopic (exact) mass is 285 g/mol. The second-order valence-corrected chi connectivity index (χ2v) is 5.48. The first-order valence-electron chi connectivity index (χ1n) is 7.35. The van der Waals surface area contributed by atoms with Crippen LogP contribution in [0.25, 0.3) is 0 Å². The third-order valence-electron chi connectivity index (χ3n) is 3.85. The smallest absolute Gasteiger partial charge is 0.224 e. The minimum atomic E-state index is -0.125. The number of hydrogen-bond acceptors (Lipinski definition) is 4. The molecule has 0 bridgehead atoms. The van der Waals surface area contributed by atoms with Crippen molar-refractivity contribution in [3.63, 3.8) is 0 Å². The predicted molar refractivity (Wildman–Crippen MR) is 77.0 cm³/mol. The van der Waals surface area contributed by atoms with E-state index in [0.29, 0.717) is 25.6 Å². The maximum atomic E-state index is 12.1. The third kappa shape index (κ3) is 5.46. The molecule has 1 aliphatic rings. The van der Waals surface area contributed by atoms with E-state index in [1.165, 1.54) is 0 Å². The van der Waals surface area contributed by atoms with Crippen LogP contribution in [0.1, 0.15) is 32.6 Å². The van der Waals surface area contributed by atoms with E-state index in [1.54, 1.807) is 7.11 Å². The van der Waals surface area contributed by atoms with Gasteiger partial charge in [0.05, 0.1) is 12.5 Å². The molecule has 0 spiro atoms. The quantitative estimate of drug-likeness (QED) is 0.575. The van der Waals surface area contributed by atoms with E-state index in [0.717, 1.165) is 19.3 Å². The fraction of sp³-hybridized carbons (Fsp3) is 0.857. The normalized spacial score (nSPS) is 26.1. The van der Waals surface area contributed by atoms with E-state index in [4.69, 9.17) is 10.5 Å². The predicted octanol–water partition coefficient (Wildman–Crippen LogP) is 0.0188. The molecular formula is C14H27N3O3. The Morgan fingerprint density at radius 2 is 2.00 bits per heavy atom. The van der Waals surface area contributed by atoms with Crippen LogP contribution in [0.5, 0.6) is 0 Å². The first-order chi connectivity index (χ1) is 9.56. The minimum absolute atomic E-state index is 0.0191. The van der Waals surface area contributed by atoms with Crippen molar-refractivity contribution in [2.75, 3.05) is 26.8 Å². The largest absolute Gasteiger partial charge is 0.383 e. The van der Waals surface area contributed by atoms with Gasteiger partial charge in [0.25, 0.3) is 0 Å². The summed E-state index contributed by atoms with van der Waals surface area (Å²) in [5.74, 6) is 0.0901. The number of amides is 2. The molecule has 1 aliphatic carbocycles. The molecule has 0 heterocycles. The average Bonchev–Trinajstić information content (AvgIpc) is 2.39. The van der Waals surface area contributed by atoms with Crippen LogP contribution in [0.15, 0.2) is 0 Å². The number of methoxy groups -OCH3 is 1. The van der Waals surface area contributed by atoms with Crippen molar-refractivity contribution in [3.05, 3.63) is 0 Å². The first kappa shape index (κ1) is 16.9. The van der Waals surface area contributed by atoms with E-state index >= 15 is 0 Å². The Balaban J connectivity index is 2.23. The molecule has 1 saturated carbocycles. The zero-order valence-corrected chi connectivity index (χ0v) is 12.5. The third-order valence-corrected chi connectivity index (χ3v) is 3.85. The van der Waals surface area contributed by atoms with Crippen LogP contribution in [0.2, 0.25) is 0 Å². The highest BCUT2D eigenvalue weighted by molar-refractivity contribution is 5.81. The number of hydrogen-bond donors (Lipinski definition) is 3. The van der Waals surface area contributed by atoms with Crippen LogP contribution < -0.4 is 16.4 Å². The fourth-order valence-corrected chi connectivity index (χ4v) is 2.71. The molecule has 0 aromatic heterocycles. The maximum absolute atomic E-state index is 12.1. The maximum Gasteiger partial charge on any atom is 0.224 e. The molecule has 6 nitrogen and oxygen atoms in total. The summed E-state index contributed by atoms with van der Waals surface area (Å²) in [6, 6.07) is -0.0609. The van der Waals surface area contributed by atoms with E-state index in [1.807, 2.05) is 0 Å². The molecule has 0 aromatic carbocycles. The second-order valence-electron chi connectivity index (χ2n) is 5.48. The molecule has 0 radical (unpaired) electrons. The molecule has 0 saturated heterocycles. The van der Waals surface area contributed by atoms with Crippen molar-refractivity contribution < 1.29 is 14.3 Å². The number of nitrogens with one attached hydrogen (secondary N) is 2. The van der Waals surface area contributed by atoms with Crippen molar-refractivity contribution in [3.8, 4) is 0 Å². The van der Waals surface area contributed by atoms with Crippen LogP contribution in [0, 0.1) is 11.8 Å². The molecule has 0 aromatic rings. The first-order valence-corrected chi connectivity index (χ1v) is 7.35. The lowest BCUT2D eigenvalue weighted by Crippen LogP contribution is -2.47. The lowest BCUT2D eigenvalue weighted by atomic mass is 9.76. The van der Waals surface area contributed by atoms with Gasteiger partial charge in [-0.15, -0.1) is 0 Å². The second kappa shape index (κ2) is 8.92. The van der Waals surface area contributed by atoms with Crippen molar-refractivity contribution in [2.45, 2.75) is 38.6 Å². The Kier molecular flexibility index (Phi) is 7.54. The number of carbonyl (C=O) groups is 2. The van der Waals surface area contributed by atoms with Crippen LogP contribution in [-0.2, 0) is 14.3 Å². The summed E-state index contributed by atoms with van der Waals surface area (Å²) in [7, 11) is 1.58. The van der Waals surface area contributed by atoms with Gasteiger partial charge >= 0.3 is 0 Å². The summed E-state index contributed by atoms with van der Waals surface area (Å²) in [6.45, 7) is 3.41. The van der Waals surface area contributed by atoms with Crippen LogP contribution in [0.3, 0.4) is 0 Å². The van der Waals surface area contributed by atoms with Gasteiger partial charge in [0.15, 0.2) is 0 Å². The number of nitrogens with two attached hydrogens (primary N) is 1. The summed E-state index contributed by atoms with van der Waals surface area (Å²) < 4.78 is 4.84. The molecule has 3 atom stereocenters. The molecule has 0 aliphatic heterocycles. The summed E-state index contributed by atoms with van der Waals surface area (Å²) >= 11 is 0.